The molecular weight excluding hydrogens is 180 g/mol. The Hall–Kier alpha value is -1.71. The SMILES string of the molecule is CC1COc2ccc(N)cc2NC1=O. The number of hydrogen-bond acceptors (Lipinski definition) is 3. The summed E-state index contributed by atoms with van der Waals surface area (Å²) in [7, 11) is 0. The van der Waals surface area contributed by atoms with Crippen LogP contribution in [-0.2, 0) is 4.79 Å². The first kappa shape index (κ1) is 8.87. The highest BCUT2D eigenvalue weighted by atomic mass is 16.5. The molecule has 4 heteroatoms. The van der Waals surface area contributed by atoms with Gasteiger partial charge in [0.25, 0.3) is 0 Å². The Bertz CT molecular complexity index is 376. The average molecular weight is 192 g/mol. The number of nitrogens with two attached hydrogens (primary N) is 1. The van der Waals surface area contributed by atoms with Gasteiger partial charge in [-0.1, -0.05) is 6.92 Å². The van der Waals surface area contributed by atoms with Crippen molar-refractivity contribution in [2.45, 2.75) is 6.92 Å². The zero-order chi connectivity index (χ0) is 10.1. The Morgan fingerprint density at radius 2 is 2.36 bits per heavy atom. The molecule has 0 bridgehead atoms. The molecule has 2 rings (SSSR count). The van der Waals surface area contributed by atoms with Crippen molar-refractivity contribution in [1.29, 1.82) is 0 Å². The minimum Gasteiger partial charge on any atom is -0.491 e. The topological polar surface area (TPSA) is 64.3 Å². The lowest BCUT2D eigenvalue weighted by Crippen LogP contribution is -2.22. The van der Waals surface area contributed by atoms with Gasteiger partial charge in [-0.15, -0.1) is 0 Å². The van der Waals surface area contributed by atoms with Gasteiger partial charge >= 0.3 is 0 Å². The largest absolute Gasteiger partial charge is 0.491 e. The molecule has 0 aromatic heterocycles. The summed E-state index contributed by atoms with van der Waals surface area (Å²) in [4.78, 5) is 11.5. The van der Waals surface area contributed by atoms with Gasteiger partial charge in [0.05, 0.1) is 18.2 Å². The van der Waals surface area contributed by atoms with Crippen molar-refractivity contribution in [3.8, 4) is 5.75 Å². The number of amides is 1. The van der Waals surface area contributed by atoms with Gasteiger partial charge in [-0.25, -0.2) is 0 Å². The van der Waals surface area contributed by atoms with Crippen LogP contribution in [0.25, 0.3) is 0 Å². The van der Waals surface area contributed by atoms with Gasteiger partial charge in [-0.3, -0.25) is 4.79 Å². The molecule has 1 aliphatic heterocycles. The van der Waals surface area contributed by atoms with Crippen LogP contribution in [0, 0.1) is 5.92 Å². The third-order valence-electron chi connectivity index (χ3n) is 2.20. The highest BCUT2D eigenvalue weighted by Crippen LogP contribution is 2.29. The maximum absolute atomic E-state index is 11.5. The first-order valence-electron chi connectivity index (χ1n) is 4.50. The van der Waals surface area contributed by atoms with Crippen molar-refractivity contribution in [3.05, 3.63) is 18.2 Å². The third kappa shape index (κ3) is 1.51. The van der Waals surface area contributed by atoms with Crippen LogP contribution in [0.2, 0.25) is 0 Å². The number of anilines is 2. The fraction of sp³-hybridized carbons (Fsp3) is 0.300. The number of hydrogen-bond donors (Lipinski definition) is 2. The molecule has 1 amide bonds. The molecule has 0 fully saturated rings. The van der Waals surface area contributed by atoms with E-state index in [0.29, 0.717) is 23.7 Å². The molecule has 0 saturated carbocycles. The van der Waals surface area contributed by atoms with Gasteiger partial charge in [0, 0.05) is 5.69 Å². The van der Waals surface area contributed by atoms with Gasteiger partial charge in [0.1, 0.15) is 5.75 Å². The van der Waals surface area contributed by atoms with Crippen LogP contribution in [0.1, 0.15) is 6.92 Å². The monoisotopic (exact) mass is 192 g/mol. The molecule has 74 valence electrons. The van der Waals surface area contributed by atoms with Gasteiger partial charge in [0.15, 0.2) is 0 Å². The number of fused-ring (bicyclic) bond motifs is 1. The normalized spacial score (nSPS) is 20.4. The van der Waals surface area contributed by atoms with E-state index in [-0.39, 0.29) is 11.8 Å². The van der Waals surface area contributed by atoms with Gasteiger partial charge < -0.3 is 15.8 Å². The van der Waals surface area contributed by atoms with E-state index in [0.717, 1.165) is 0 Å². The lowest BCUT2D eigenvalue weighted by molar-refractivity contribution is -0.119. The van der Waals surface area contributed by atoms with E-state index in [1.165, 1.54) is 0 Å². The fourth-order valence-corrected chi connectivity index (χ4v) is 1.32. The predicted molar refractivity (Wildman–Crippen MR) is 54.1 cm³/mol. The lowest BCUT2D eigenvalue weighted by Gasteiger charge is -2.06. The van der Waals surface area contributed by atoms with E-state index in [2.05, 4.69) is 5.32 Å². The second-order valence-corrected chi connectivity index (χ2v) is 3.46. The minimum absolute atomic E-state index is 0.0330. The molecule has 0 saturated heterocycles. The van der Waals surface area contributed by atoms with E-state index in [1.807, 2.05) is 6.92 Å². The Balaban J connectivity index is 2.38. The van der Waals surface area contributed by atoms with Crippen LogP contribution in [0.4, 0.5) is 11.4 Å². The number of benzene rings is 1. The summed E-state index contributed by atoms with van der Waals surface area (Å²) in [5.41, 5.74) is 6.87. The van der Waals surface area contributed by atoms with Crippen molar-refractivity contribution in [1.82, 2.24) is 0 Å². The van der Waals surface area contributed by atoms with Crippen molar-refractivity contribution >= 4 is 17.3 Å². The summed E-state index contributed by atoms with van der Waals surface area (Å²) in [6, 6.07) is 5.22. The lowest BCUT2D eigenvalue weighted by atomic mass is 10.2. The van der Waals surface area contributed by atoms with Crippen LogP contribution in [0.3, 0.4) is 0 Å². The quantitative estimate of drug-likeness (QED) is 0.608. The molecule has 0 spiro atoms. The number of carbonyl (C=O) groups excluding carboxylic acids is 1. The van der Waals surface area contributed by atoms with Crippen molar-refractivity contribution in [2.75, 3.05) is 17.7 Å². The number of carbonyl (C=O) groups is 1. The Kier molecular flexibility index (Phi) is 2.04. The second kappa shape index (κ2) is 3.21. The molecule has 1 aromatic rings. The average Bonchev–Trinajstić information content (AvgIpc) is 2.27. The molecular formula is C10H12N2O2. The van der Waals surface area contributed by atoms with E-state index in [9.17, 15) is 4.79 Å². The summed E-state index contributed by atoms with van der Waals surface area (Å²) >= 11 is 0. The van der Waals surface area contributed by atoms with E-state index in [4.69, 9.17) is 10.5 Å². The summed E-state index contributed by atoms with van der Waals surface area (Å²) in [5, 5.41) is 2.77. The molecule has 1 atom stereocenters. The zero-order valence-electron chi connectivity index (χ0n) is 7.91. The highest BCUT2D eigenvalue weighted by molar-refractivity contribution is 5.95. The molecule has 4 nitrogen and oxygen atoms in total. The van der Waals surface area contributed by atoms with Crippen LogP contribution < -0.4 is 15.8 Å². The second-order valence-electron chi connectivity index (χ2n) is 3.46. The summed E-state index contributed by atoms with van der Waals surface area (Å²) in [6.07, 6.45) is 0. The first-order valence-corrected chi connectivity index (χ1v) is 4.50. The van der Waals surface area contributed by atoms with Crippen LogP contribution in [-0.4, -0.2) is 12.5 Å². The van der Waals surface area contributed by atoms with E-state index >= 15 is 0 Å². The summed E-state index contributed by atoms with van der Waals surface area (Å²) in [6.45, 7) is 2.23. The van der Waals surface area contributed by atoms with E-state index < -0.39 is 0 Å². The zero-order valence-corrected chi connectivity index (χ0v) is 7.91. The van der Waals surface area contributed by atoms with Crippen LogP contribution >= 0.6 is 0 Å². The molecule has 0 radical (unpaired) electrons. The number of rotatable bonds is 0. The standard InChI is InChI=1S/C10H12N2O2/c1-6-5-14-9-3-2-7(11)4-8(9)12-10(6)13/h2-4,6H,5,11H2,1H3,(H,12,13). The van der Waals surface area contributed by atoms with Gasteiger partial charge in [-0.2, -0.15) is 0 Å². The van der Waals surface area contributed by atoms with Crippen molar-refractivity contribution in [2.24, 2.45) is 5.92 Å². The molecule has 0 aliphatic carbocycles. The molecule has 1 heterocycles. The molecule has 3 N–H and O–H groups in total. The Labute approximate surface area is 82.1 Å². The van der Waals surface area contributed by atoms with Gasteiger partial charge in [-0.05, 0) is 18.2 Å². The molecule has 14 heavy (non-hydrogen) atoms. The van der Waals surface area contributed by atoms with Crippen molar-refractivity contribution < 1.29 is 9.53 Å². The number of ether oxygens (including phenoxy) is 1. The molecule has 1 unspecified atom stereocenters. The van der Waals surface area contributed by atoms with Crippen LogP contribution in [0.15, 0.2) is 18.2 Å². The maximum Gasteiger partial charge on any atom is 0.230 e. The summed E-state index contributed by atoms with van der Waals surface area (Å²) in [5.74, 6) is 0.509. The van der Waals surface area contributed by atoms with E-state index in [1.54, 1.807) is 18.2 Å². The smallest absolute Gasteiger partial charge is 0.230 e. The van der Waals surface area contributed by atoms with Crippen LogP contribution in [0.5, 0.6) is 5.75 Å². The summed E-state index contributed by atoms with van der Waals surface area (Å²) < 4.78 is 5.45. The fourth-order valence-electron chi connectivity index (χ4n) is 1.32. The first-order chi connectivity index (χ1) is 6.66. The maximum atomic E-state index is 11.5. The number of nitrogen functional groups attached to an aromatic ring is 1. The minimum atomic E-state index is -0.136. The van der Waals surface area contributed by atoms with Crippen molar-refractivity contribution in [3.63, 3.8) is 0 Å². The highest BCUT2D eigenvalue weighted by Gasteiger charge is 2.20. The third-order valence-corrected chi connectivity index (χ3v) is 2.20. The van der Waals surface area contributed by atoms with Gasteiger partial charge in [0.2, 0.25) is 5.91 Å². The predicted octanol–water partition coefficient (Wildman–Crippen LogP) is 1.24. The molecule has 1 aromatic carbocycles. The Morgan fingerprint density at radius 3 is 3.14 bits per heavy atom. The number of nitrogens with one attached hydrogen (secondary N) is 1. The Morgan fingerprint density at radius 1 is 1.57 bits per heavy atom. The molecule has 1 aliphatic rings.